The van der Waals surface area contributed by atoms with Gasteiger partial charge < -0.3 is 15.2 Å². The number of carboxylic acid groups (broad SMARTS) is 1. The maximum absolute atomic E-state index is 11.4. The third kappa shape index (κ3) is 5.85. The van der Waals surface area contributed by atoms with Crippen molar-refractivity contribution < 1.29 is 19.4 Å². The molecule has 0 aliphatic heterocycles. The molecule has 0 aliphatic rings. The fraction of sp³-hybridized carbons (Fsp3) is 0.462. The molecule has 6 nitrogen and oxygen atoms in total. The van der Waals surface area contributed by atoms with Crippen LogP contribution in [-0.4, -0.2) is 34.8 Å². The maximum Gasteiger partial charge on any atom is 0.407 e. The van der Waals surface area contributed by atoms with E-state index in [-0.39, 0.29) is 6.42 Å². The highest BCUT2D eigenvalue weighted by Gasteiger charge is 2.20. The first kappa shape index (κ1) is 14.9. The number of nitrogens with one attached hydrogen (secondary N) is 1. The lowest BCUT2D eigenvalue weighted by atomic mass is 10.1. The van der Waals surface area contributed by atoms with Crippen molar-refractivity contribution in [3.8, 4) is 0 Å². The Morgan fingerprint density at radius 3 is 2.68 bits per heavy atom. The summed E-state index contributed by atoms with van der Waals surface area (Å²) in [6, 6.07) is 2.41. The fourth-order valence-corrected chi connectivity index (χ4v) is 1.45. The van der Waals surface area contributed by atoms with Crippen LogP contribution in [0, 0.1) is 0 Å². The van der Waals surface area contributed by atoms with Gasteiger partial charge in [0, 0.05) is 18.8 Å². The number of aliphatic carboxylic acids is 1. The van der Waals surface area contributed by atoms with E-state index in [0.717, 1.165) is 18.4 Å². The number of alkyl carbamates (subject to hydrolysis) is 1. The van der Waals surface area contributed by atoms with Gasteiger partial charge in [-0.25, -0.2) is 9.59 Å². The highest BCUT2D eigenvalue weighted by atomic mass is 16.5. The molecule has 0 fully saturated rings. The predicted octanol–water partition coefficient (Wildman–Crippen LogP) is 1.60. The van der Waals surface area contributed by atoms with Crippen molar-refractivity contribution in [2.45, 2.75) is 32.2 Å². The van der Waals surface area contributed by atoms with Gasteiger partial charge in [-0.05, 0) is 24.1 Å². The maximum atomic E-state index is 11.4. The van der Waals surface area contributed by atoms with Gasteiger partial charge in [-0.3, -0.25) is 4.98 Å². The van der Waals surface area contributed by atoms with E-state index in [9.17, 15) is 9.59 Å². The number of carbonyl (C=O) groups is 2. The molecule has 0 bridgehead atoms. The Hall–Kier alpha value is -2.11. The SMILES string of the molecule is CCCCOC(=O)N[C@H](Cc1ccncc1)C(=O)O. The number of carboxylic acids is 1. The van der Waals surface area contributed by atoms with Gasteiger partial charge in [0.2, 0.25) is 0 Å². The number of hydrogen-bond acceptors (Lipinski definition) is 4. The quantitative estimate of drug-likeness (QED) is 0.732. The number of rotatable bonds is 7. The van der Waals surface area contributed by atoms with Crippen molar-refractivity contribution in [3.05, 3.63) is 30.1 Å². The number of unbranched alkanes of at least 4 members (excludes halogenated alkanes) is 1. The van der Waals surface area contributed by atoms with Gasteiger partial charge in [-0.1, -0.05) is 13.3 Å². The van der Waals surface area contributed by atoms with Crippen molar-refractivity contribution >= 4 is 12.1 Å². The van der Waals surface area contributed by atoms with Gasteiger partial charge >= 0.3 is 12.1 Å². The monoisotopic (exact) mass is 266 g/mol. The Labute approximate surface area is 111 Å². The Balaban J connectivity index is 2.49. The van der Waals surface area contributed by atoms with Crippen LogP contribution in [0.15, 0.2) is 24.5 Å². The Bertz CT molecular complexity index is 408. The summed E-state index contributed by atoms with van der Waals surface area (Å²) in [5.74, 6) is -1.09. The predicted molar refractivity (Wildman–Crippen MR) is 68.8 cm³/mol. The second kappa shape index (κ2) is 8.07. The summed E-state index contributed by atoms with van der Waals surface area (Å²) in [5.41, 5.74) is 0.788. The zero-order valence-corrected chi connectivity index (χ0v) is 10.8. The van der Waals surface area contributed by atoms with E-state index in [1.165, 1.54) is 0 Å². The molecule has 0 spiro atoms. The number of nitrogens with zero attached hydrogens (tertiary/aromatic N) is 1. The summed E-state index contributed by atoms with van der Waals surface area (Å²) in [6.07, 6.45) is 4.32. The number of amides is 1. The number of ether oxygens (including phenoxy) is 1. The molecular formula is C13H18N2O4. The Morgan fingerprint density at radius 1 is 1.42 bits per heavy atom. The molecule has 1 amide bonds. The lowest BCUT2D eigenvalue weighted by Gasteiger charge is -2.14. The van der Waals surface area contributed by atoms with Crippen LogP contribution in [0.2, 0.25) is 0 Å². The van der Waals surface area contributed by atoms with Gasteiger partial charge in [0.05, 0.1) is 6.61 Å². The molecule has 1 aromatic rings. The van der Waals surface area contributed by atoms with Crippen molar-refractivity contribution in [2.24, 2.45) is 0 Å². The highest BCUT2D eigenvalue weighted by molar-refractivity contribution is 5.80. The zero-order valence-electron chi connectivity index (χ0n) is 10.8. The summed E-state index contributed by atoms with van der Waals surface area (Å²) in [6.45, 7) is 2.27. The summed E-state index contributed by atoms with van der Waals surface area (Å²) >= 11 is 0. The molecule has 104 valence electrons. The van der Waals surface area contributed by atoms with Crippen LogP contribution < -0.4 is 5.32 Å². The van der Waals surface area contributed by atoms with Crippen LogP contribution in [0.4, 0.5) is 4.79 Å². The number of hydrogen-bond donors (Lipinski definition) is 2. The summed E-state index contributed by atoms with van der Waals surface area (Å²) in [5, 5.41) is 11.4. The third-order valence-corrected chi connectivity index (χ3v) is 2.51. The molecule has 1 atom stereocenters. The second-order valence-corrected chi connectivity index (χ2v) is 4.08. The average molecular weight is 266 g/mol. The van der Waals surface area contributed by atoms with Gasteiger partial charge in [0.25, 0.3) is 0 Å². The van der Waals surface area contributed by atoms with E-state index in [1.54, 1.807) is 24.5 Å². The molecule has 1 aromatic heterocycles. The molecule has 0 unspecified atom stereocenters. The van der Waals surface area contributed by atoms with Crippen LogP contribution in [-0.2, 0) is 16.0 Å². The van der Waals surface area contributed by atoms with Crippen LogP contribution in [0.1, 0.15) is 25.3 Å². The average Bonchev–Trinajstić information content (AvgIpc) is 2.39. The standard InChI is InChI=1S/C13H18N2O4/c1-2-3-8-19-13(18)15-11(12(16)17)9-10-4-6-14-7-5-10/h4-7,11H,2-3,8-9H2,1H3,(H,15,18)(H,16,17)/t11-/m1/s1. The molecule has 6 heteroatoms. The molecule has 0 saturated carbocycles. The van der Waals surface area contributed by atoms with Gasteiger partial charge in [0.1, 0.15) is 6.04 Å². The smallest absolute Gasteiger partial charge is 0.407 e. The van der Waals surface area contributed by atoms with Crippen LogP contribution >= 0.6 is 0 Å². The fourth-order valence-electron chi connectivity index (χ4n) is 1.45. The normalized spacial score (nSPS) is 11.6. The van der Waals surface area contributed by atoms with Crippen LogP contribution in [0.3, 0.4) is 0 Å². The largest absolute Gasteiger partial charge is 0.480 e. The topological polar surface area (TPSA) is 88.5 Å². The number of carbonyl (C=O) groups excluding carboxylic acids is 1. The van der Waals surface area contributed by atoms with Crippen molar-refractivity contribution in [3.63, 3.8) is 0 Å². The summed E-state index contributed by atoms with van der Waals surface area (Å²) in [7, 11) is 0. The van der Waals surface area contributed by atoms with Crippen molar-refractivity contribution in [1.29, 1.82) is 0 Å². The first-order valence-corrected chi connectivity index (χ1v) is 6.18. The molecule has 0 radical (unpaired) electrons. The lowest BCUT2D eigenvalue weighted by molar-refractivity contribution is -0.139. The van der Waals surface area contributed by atoms with Gasteiger partial charge in [-0.2, -0.15) is 0 Å². The number of pyridine rings is 1. The second-order valence-electron chi connectivity index (χ2n) is 4.08. The van der Waals surface area contributed by atoms with E-state index in [0.29, 0.717) is 6.61 Å². The van der Waals surface area contributed by atoms with E-state index in [4.69, 9.17) is 9.84 Å². The molecule has 2 N–H and O–H groups in total. The zero-order chi connectivity index (χ0) is 14.1. The summed E-state index contributed by atoms with van der Waals surface area (Å²) < 4.78 is 4.88. The van der Waals surface area contributed by atoms with Gasteiger partial charge in [-0.15, -0.1) is 0 Å². The Kier molecular flexibility index (Phi) is 6.35. The molecule has 0 aliphatic carbocycles. The van der Waals surface area contributed by atoms with Crippen LogP contribution in [0.25, 0.3) is 0 Å². The lowest BCUT2D eigenvalue weighted by Crippen LogP contribution is -2.42. The first-order chi connectivity index (χ1) is 9.13. The van der Waals surface area contributed by atoms with Crippen molar-refractivity contribution in [2.75, 3.05) is 6.61 Å². The third-order valence-electron chi connectivity index (χ3n) is 2.51. The summed E-state index contributed by atoms with van der Waals surface area (Å²) in [4.78, 5) is 26.3. The molecule has 0 saturated heterocycles. The number of aromatic nitrogens is 1. The van der Waals surface area contributed by atoms with Crippen LogP contribution in [0.5, 0.6) is 0 Å². The minimum Gasteiger partial charge on any atom is -0.480 e. The molecule has 1 rings (SSSR count). The molecule has 19 heavy (non-hydrogen) atoms. The van der Waals surface area contributed by atoms with E-state index in [1.807, 2.05) is 6.92 Å². The van der Waals surface area contributed by atoms with Gasteiger partial charge in [0.15, 0.2) is 0 Å². The minimum absolute atomic E-state index is 0.195. The first-order valence-electron chi connectivity index (χ1n) is 6.18. The molecule has 0 aromatic carbocycles. The molecular weight excluding hydrogens is 248 g/mol. The van der Waals surface area contributed by atoms with E-state index >= 15 is 0 Å². The minimum atomic E-state index is -1.09. The van der Waals surface area contributed by atoms with E-state index < -0.39 is 18.1 Å². The van der Waals surface area contributed by atoms with Crippen molar-refractivity contribution in [1.82, 2.24) is 10.3 Å². The highest BCUT2D eigenvalue weighted by Crippen LogP contribution is 2.02. The van der Waals surface area contributed by atoms with E-state index in [2.05, 4.69) is 10.3 Å². The molecule has 1 heterocycles. The Morgan fingerprint density at radius 2 is 2.11 bits per heavy atom.